The third-order valence-electron chi connectivity index (χ3n) is 3.84. The summed E-state index contributed by atoms with van der Waals surface area (Å²) in [5, 5.41) is 0. The van der Waals surface area contributed by atoms with Crippen LogP contribution in [-0.4, -0.2) is 43.9 Å². The molecule has 1 aliphatic heterocycles. The minimum atomic E-state index is 0.244. The average molecular weight is 278 g/mol. The van der Waals surface area contributed by atoms with Crippen LogP contribution in [0.15, 0.2) is 24.3 Å². The summed E-state index contributed by atoms with van der Waals surface area (Å²) in [4.78, 5) is 2.43. The molecule has 0 aromatic heterocycles. The first-order chi connectivity index (χ1) is 9.78. The maximum absolute atomic E-state index is 6.02. The molecule has 20 heavy (non-hydrogen) atoms. The van der Waals surface area contributed by atoms with Crippen LogP contribution < -0.4 is 10.5 Å². The molecule has 0 radical (unpaired) electrons. The van der Waals surface area contributed by atoms with Crippen LogP contribution in [0.5, 0.6) is 5.75 Å². The van der Waals surface area contributed by atoms with Gasteiger partial charge in [0.15, 0.2) is 0 Å². The van der Waals surface area contributed by atoms with Gasteiger partial charge < -0.3 is 15.2 Å². The Balaban J connectivity index is 2.12. The second kappa shape index (κ2) is 7.62. The van der Waals surface area contributed by atoms with Gasteiger partial charge in [-0.15, -0.1) is 0 Å². The first kappa shape index (κ1) is 15.3. The molecule has 2 atom stereocenters. The second-order valence-electron chi connectivity index (χ2n) is 5.15. The zero-order valence-corrected chi connectivity index (χ0v) is 12.5. The van der Waals surface area contributed by atoms with Gasteiger partial charge in [0.25, 0.3) is 0 Å². The first-order valence-electron chi connectivity index (χ1n) is 7.57. The summed E-state index contributed by atoms with van der Waals surface area (Å²) in [6, 6.07) is 8.52. The molecule has 1 aromatic rings. The van der Waals surface area contributed by atoms with E-state index in [1.165, 1.54) is 5.56 Å². The summed E-state index contributed by atoms with van der Waals surface area (Å²) in [5.41, 5.74) is 7.25. The van der Waals surface area contributed by atoms with Gasteiger partial charge in [-0.25, -0.2) is 0 Å². The molecule has 1 heterocycles. The molecular weight excluding hydrogens is 252 g/mol. The van der Waals surface area contributed by atoms with Crippen LogP contribution in [0.25, 0.3) is 0 Å². The van der Waals surface area contributed by atoms with Gasteiger partial charge in [0.2, 0.25) is 0 Å². The lowest BCUT2D eigenvalue weighted by Crippen LogP contribution is -2.46. The van der Waals surface area contributed by atoms with Crippen molar-refractivity contribution >= 4 is 0 Å². The van der Waals surface area contributed by atoms with Crippen molar-refractivity contribution in [3.8, 4) is 5.75 Å². The molecule has 0 aliphatic carbocycles. The Morgan fingerprint density at radius 1 is 1.45 bits per heavy atom. The maximum atomic E-state index is 6.02. The molecule has 1 aromatic carbocycles. The fourth-order valence-electron chi connectivity index (χ4n) is 2.75. The van der Waals surface area contributed by atoms with Gasteiger partial charge in [-0.05, 0) is 31.0 Å². The number of nitrogens with two attached hydrogens (primary N) is 1. The molecule has 2 unspecified atom stereocenters. The lowest BCUT2D eigenvalue weighted by molar-refractivity contribution is -0.0437. The van der Waals surface area contributed by atoms with Crippen molar-refractivity contribution in [1.82, 2.24) is 4.90 Å². The van der Waals surface area contributed by atoms with Crippen molar-refractivity contribution in [2.45, 2.75) is 32.4 Å². The zero-order chi connectivity index (χ0) is 14.4. The molecule has 1 aliphatic rings. The average Bonchev–Trinajstić information content (AvgIpc) is 2.49. The molecule has 4 nitrogen and oxygen atoms in total. The van der Waals surface area contributed by atoms with Crippen molar-refractivity contribution in [2.75, 3.05) is 32.8 Å². The quantitative estimate of drug-likeness (QED) is 0.866. The summed E-state index contributed by atoms with van der Waals surface area (Å²) in [6.07, 6.45) is 1.38. The number of hydrogen-bond donors (Lipinski definition) is 1. The topological polar surface area (TPSA) is 47.7 Å². The summed E-state index contributed by atoms with van der Waals surface area (Å²) < 4.78 is 11.3. The van der Waals surface area contributed by atoms with Crippen molar-refractivity contribution in [2.24, 2.45) is 5.73 Å². The first-order valence-corrected chi connectivity index (χ1v) is 7.57. The van der Waals surface area contributed by atoms with E-state index in [0.29, 0.717) is 19.3 Å². The van der Waals surface area contributed by atoms with Gasteiger partial charge >= 0.3 is 0 Å². The highest BCUT2D eigenvalue weighted by atomic mass is 16.5. The highest BCUT2D eigenvalue weighted by molar-refractivity contribution is 5.31. The Labute approximate surface area is 121 Å². The number of hydrogen-bond acceptors (Lipinski definition) is 4. The Kier molecular flexibility index (Phi) is 5.83. The molecule has 0 amide bonds. The van der Waals surface area contributed by atoms with E-state index in [-0.39, 0.29) is 6.04 Å². The Hall–Kier alpha value is -1.10. The molecule has 1 saturated heterocycles. The lowest BCUT2D eigenvalue weighted by atomic mass is 10.0. The summed E-state index contributed by atoms with van der Waals surface area (Å²) >= 11 is 0. The molecule has 1 fully saturated rings. The van der Waals surface area contributed by atoms with E-state index in [9.17, 15) is 0 Å². The number of morpholine rings is 1. The maximum Gasteiger partial charge on any atom is 0.119 e. The van der Waals surface area contributed by atoms with E-state index in [1.54, 1.807) is 0 Å². The summed E-state index contributed by atoms with van der Waals surface area (Å²) in [5.74, 6) is 0.920. The molecule has 0 saturated carbocycles. The predicted octanol–water partition coefficient (Wildman–Crippen LogP) is 2.20. The molecule has 0 bridgehead atoms. The standard InChI is InChI=1S/C16H26N2O2/c1-3-14-12-18(8-9-20-14)16(11-17)13-6-5-7-15(10-13)19-4-2/h5-7,10,14,16H,3-4,8-9,11-12,17H2,1-2H3. The van der Waals surface area contributed by atoms with Gasteiger partial charge in [-0.1, -0.05) is 19.1 Å². The fourth-order valence-corrected chi connectivity index (χ4v) is 2.75. The molecule has 2 N–H and O–H groups in total. The molecule has 4 heteroatoms. The van der Waals surface area contributed by atoms with Crippen LogP contribution in [0.2, 0.25) is 0 Å². The van der Waals surface area contributed by atoms with Crippen molar-refractivity contribution < 1.29 is 9.47 Å². The summed E-state index contributed by atoms with van der Waals surface area (Å²) in [6.45, 7) is 8.16. The minimum absolute atomic E-state index is 0.244. The van der Waals surface area contributed by atoms with Crippen molar-refractivity contribution in [1.29, 1.82) is 0 Å². The van der Waals surface area contributed by atoms with E-state index in [1.807, 2.05) is 19.1 Å². The van der Waals surface area contributed by atoms with Gasteiger partial charge in [-0.2, -0.15) is 0 Å². The van der Waals surface area contributed by atoms with E-state index in [0.717, 1.165) is 31.9 Å². The van der Waals surface area contributed by atoms with Gasteiger partial charge in [0.05, 0.1) is 19.3 Å². The van der Waals surface area contributed by atoms with Crippen LogP contribution in [0.4, 0.5) is 0 Å². The normalized spacial score (nSPS) is 21.6. The lowest BCUT2D eigenvalue weighted by Gasteiger charge is -2.38. The highest BCUT2D eigenvalue weighted by Gasteiger charge is 2.25. The molecule has 112 valence electrons. The van der Waals surface area contributed by atoms with Gasteiger partial charge in [-0.3, -0.25) is 4.90 Å². The minimum Gasteiger partial charge on any atom is -0.494 e. The monoisotopic (exact) mass is 278 g/mol. The molecule has 2 rings (SSSR count). The fraction of sp³-hybridized carbons (Fsp3) is 0.625. The summed E-state index contributed by atoms with van der Waals surface area (Å²) in [7, 11) is 0. The van der Waals surface area contributed by atoms with Crippen LogP contribution >= 0.6 is 0 Å². The molecule has 0 spiro atoms. The van der Waals surface area contributed by atoms with Gasteiger partial charge in [0.1, 0.15) is 5.75 Å². The number of ether oxygens (including phenoxy) is 2. The molecular formula is C16H26N2O2. The predicted molar refractivity (Wildman–Crippen MR) is 81.0 cm³/mol. The van der Waals surface area contributed by atoms with Crippen LogP contribution in [0.3, 0.4) is 0 Å². The van der Waals surface area contributed by atoms with Crippen LogP contribution in [0.1, 0.15) is 31.9 Å². The highest BCUT2D eigenvalue weighted by Crippen LogP contribution is 2.25. The van der Waals surface area contributed by atoms with E-state index in [4.69, 9.17) is 15.2 Å². The largest absolute Gasteiger partial charge is 0.494 e. The number of benzene rings is 1. The van der Waals surface area contributed by atoms with Crippen molar-refractivity contribution in [3.05, 3.63) is 29.8 Å². The Morgan fingerprint density at radius 2 is 2.30 bits per heavy atom. The van der Waals surface area contributed by atoms with Crippen molar-refractivity contribution in [3.63, 3.8) is 0 Å². The van der Waals surface area contributed by atoms with E-state index >= 15 is 0 Å². The number of rotatable bonds is 6. The Morgan fingerprint density at radius 3 is 3.00 bits per heavy atom. The Bertz CT molecular complexity index is 411. The third-order valence-corrected chi connectivity index (χ3v) is 3.84. The smallest absolute Gasteiger partial charge is 0.119 e. The number of nitrogens with zero attached hydrogens (tertiary/aromatic N) is 1. The van der Waals surface area contributed by atoms with E-state index in [2.05, 4.69) is 24.0 Å². The van der Waals surface area contributed by atoms with Crippen LogP contribution in [0, 0.1) is 0 Å². The van der Waals surface area contributed by atoms with Crippen LogP contribution in [-0.2, 0) is 4.74 Å². The van der Waals surface area contributed by atoms with E-state index < -0.39 is 0 Å². The SMILES string of the molecule is CCOc1cccc(C(CN)N2CCOC(CC)C2)c1. The third kappa shape index (κ3) is 3.72. The second-order valence-corrected chi connectivity index (χ2v) is 5.15. The van der Waals surface area contributed by atoms with Gasteiger partial charge in [0, 0.05) is 25.7 Å². The zero-order valence-electron chi connectivity index (χ0n) is 12.5.